The quantitative estimate of drug-likeness (QED) is 0.798. The summed E-state index contributed by atoms with van der Waals surface area (Å²) in [4.78, 5) is 14.2. The van der Waals surface area contributed by atoms with Crippen molar-refractivity contribution in [2.75, 3.05) is 25.6 Å². The molecule has 0 bridgehead atoms. The summed E-state index contributed by atoms with van der Waals surface area (Å²) in [6.07, 6.45) is -0.0469. The van der Waals surface area contributed by atoms with E-state index in [-0.39, 0.29) is 12.0 Å². The van der Waals surface area contributed by atoms with Crippen LogP contribution >= 0.6 is 11.6 Å². The van der Waals surface area contributed by atoms with Crippen LogP contribution in [0.15, 0.2) is 24.3 Å². The van der Waals surface area contributed by atoms with E-state index in [1.165, 1.54) is 5.56 Å². The number of hydrogen-bond acceptors (Lipinski definition) is 2. The molecule has 0 saturated carbocycles. The third-order valence-electron chi connectivity index (χ3n) is 3.42. The number of halogens is 1. The van der Waals surface area contributed by atoms with Crippen LogP contribution in [-0.4, -0.2) is 42.5 Å². The van der Waals surface area contributed by atoms with Crippen molar-refractivity contribution in [3.63, 3.8) is 0 Å². The fourth-order valence-corrected chi connectivity index (χ4v) is 2.38. The zero-order chi connectivity index (χ0) is 13.8. The normalized spacial score (nSPS) is 19.8. The third-order valence-corrected chi connectivity index (χ3v) is 3.77. The number of nitrogens with zero attached hydrogens (tertiary/aromatic N) is 1. The molecule has 0 aliphatic carbocycles. The molecule has 1 aliphatic heterocycles. The monoisotopic (exact) mass is 281 g/mol. The van der Waals surface area contributed by atoms with Crippen LogP contribution in [0.25, 0.3) is 0 Å². The fraction of sp³-hybridized carbons (Fsp3) is 0.533. The largest absolute Gasteiger partial charge is 0.373 e. The average molecular weight is 282 g/mol. The zero-order valence-electron chi connectivity index (χ0n) is 11.4. The molecule has 1 aromatic carbocycles. The first-order chi connectivity index (χ1) is 9.11. The molecule has 4 heteroatoms. The van der Waals surface area contributed by atoms with Gasteiger partial charge in [-0.1, -0.05) is 26.0 Å². The summed E-state index contributed by atoms with van der Waals surface area (Å²) in [7, 11) is 0. The summed E-state index contributed by atoms with van der Waals surface area (Å²) in [5, 5.41) is 0. The van der Waals surface area contributed by atoms with E-state index in [4.69, 9.17) is 16.3 Å². The van der Waals surface area contributed by atoms with Crippen molar-refractivity contribution in [1.82, 2.24) is 4.90 Å². The number of hydrogen-bond donors (Lipinski definition) is 0. The summed E-state index contributed by atoms with van der Waals surface area (Å²) >= 11 is 5.79. The highest BCUT2D eigenvalue weighted by atomic mass is 35.5. The predicted octanol–water partition coefficient (Wildman–Crippen LogP) is 2.89. The average Bonchev–Trinajstić information content (AvgIpc) is 2.46. The predicted molar refractivity (Wildman–Crippen MR) is 76.9 cm³/mol. The Labute approximate surface area is 119 Å². The lowest BCUT2D eigenvalue weighted by atomic mass is 10.0. The Kier molecular flexibility index (Phi) is 4.83. The Bertz CT molecular complexity index is 430. The lowest BCUT2D eigenvalue weighted by Gasteiger charge is -2.32. The highest BCUT2D eigenvalue weighted by Gasteiger charge is 2.24. The molecule has 0 radical (unpaired) electrons. The van der Waals surface area contributed by atoms with E-state index < -0.39 is 0 Å². The van der Waals surface area contributed by atoms with Gasteiger partial charge in [0.15, 0.2) is 0 Å². The van der Waals surface area contributed by atoms with Crippen molar-refractivity contribution in [3.05, 3.63) is 35.4 Å². The van der Waals surface area contributed by atoms with Crippen LogP contribution < -0.4 is 0 Å². The van der Waals surface area contributed by atoms with E-state index in [0.717, 1.165) is 5.56 Å². The molecule has 0 spiro atoms. The van der Waals surface area contributed by atoms with Crippen molar-refractivity contribution < 1.29 is 9.53 Å². The summed E-state index contributed by atoms with van der Waals surface area (Å²) in [6, 6.07) is 7.86. The smallest absolute Gasteiger partial charge is 0.254 e. The molecule has 104 valence electrons. The summed E-state index contributed by atoms with van der Waals surface area (Å²) < 4.78 is 5.47. The second-order valence-corrected chi connectivity index (χ2v) is 5.48. The highest BCUT2D eigenvalue weighted by Crippen LogP contribution is 2.17. The van der Waals surface area contributed by atoms with Crippen LogP contribution in [0.3, 0.4) is 0 Å². The van der Waals surface area contributed by atoms with Gasteiger partial charge < -0.3 is 9.64 Å². The van der Waals surface area contributed by atoms with Crippen LogP contribution in [-0.2, 0) is 4.74 Å². The van der Waals surface area contributed by atoms with Gasteiger partial charge in [0, 0.05) is 18.7 Å². The zero-order valence-corrected chi connectivity index (χ0v) is 12.2. The van der Waals surface area contributed by atoms with E-state index in [1.807, 2.05) is 29.2 Å². The number of rotatable bonds is 3. The summed E-state index contributed by atoms with van der Waals surface area (Å²) in [5.41, 5.74) is 1.98. The number of amides is 1. The van der Waals surface area contributed by atoms with Gasteiger partial charge in [0.05, 0.1) is 18.6 Å². The lowest BCUT2D eigenvalue weighted by Crippen LogP contribution is -2.46. The van der Waals surface area contributed by atoms with Crippen LogP contribution in [0.1, 0.15) is 35.7 Å². The molecule has 1 saturated heterocycles. The number of carbonyl (C=O) groups excluding carboxylic acids is 1. The number of ether oxygens (including phenoxy) is 1. The molecule has 1 aromatic rings. The molecule has 0 aromatic heterocycles. The topological polar surface area (TPSA) is 29.5 Å². The van der Waals surface area contributed by atoms with Crippen molar-refractivity contribution in [2.24, 2.45) is 0 Å². The molecular weight excluding hydrogens is 262 g/mol. The number of alkyl halides is 1. The van der Waals surface area contributed by atoms with Crippen LogP contribution in [0, 0.1) is 0 Å². The fourth-order valence-electron chi connectivity index (χ4n) is 2.19. The minimum atomic E-state index is -0.0469. The van der Waals surface area contributed by atoms with E-state index in [2.05, 4.69) is 13.8 Å². The minimum absolute atomic E-state index is 0.0469. The SMILES string of the molecule is CC(C)c1ccc(C(=O)N2CCOC(CCl)C2)cc1. The maximum Gasteiger partial charge on any atom is 0.254 e. The molecule has 1 fully saturated rings. The third kappa shape index (κ3) is 3.48. The molecule has 1 aliphatic rings. The van der Waals surface area contributed by atoms with Crippen molar-refractivity contribution in [2.45, 2.75) is 25.9 Å². The molecule has 1 heterocycles. The Balaban J connectivity index is 2.06. The van der Waals surface area contributed by atoms with Gasteiger partial charge in [-0.3, -0.25) is 4.79 Å². The van der Waals surface area contributed by atoms with Gasteiger partial charge in [-0.05, 0) is 23.6 Å². The van der Waals surface area contributed by atoms with E-state index in [0.29, 0.717) is 31.5 Å². The highest BCUT2D eigenvalue weighted by molar-refractivity contribution is 6.18. The Morgan fingerprint density at radius 3 is 2.68 bits per heavy atom. The Morgan fingerprint density at radius 1 is 1.42 bits per heavy atom. The van der Waals surface area contributed by atoms with E-state index in [9.17, 15) is 4.79 Å². The molecule has 3 nitrogen and oxygen atoms in total. The van der Waals surface area contributed by atoms with Crippen LogP contribution in [0.4, 0.5) is 0 Å². The van der Waals surface area contributed by atoms with Gasteiger partial charge >= 0.3 is 0 Å². The molecule has 1 unspecified atom stereocenters. The van der Waals surface area contributed by atoms with Crippen molar-refractivity contribution in [1.29, 1.82) is 0 Å². The first-order valence-corrected chi connectivity index (χ1v) is 7.22. The molecular formula is C15H20ClNO2. The standard InChI is InChI=1S/C15H20ClNO2/c1-11(2)12-3-5-13(6-4-12)15(18)17-7-8-19-14(9-16)10-17/h3-6,11,14H,7-10H2,1-2H3. The maximum absolute atomic E-state index is 12.4. The molecule has 19 heavy (non-hydrogen) atoms. The molecule has 2 rings (SSSR count). The first kappa shape index (κ1) is 14.4. The Morgan fingerprint density at radius 2 is 2.11 bits per heavy atom. The summed E-state index contributed by atoms with van der Waals surface area (Å²) in [6.45, 7) is 6.06. The van der Waals surface area contributed by atoms with Gasteiger partial charge in [0.1, 0.15) is 0 Å². The van der Waals surface area contributed by atoms with Crippen LogP contribution in [0.2, 0.25) is 0 Å². The van der Waals surface area contributed by atoms with Crippen LogP contribution in [0.5, 0.6) is 0 Å². The first-order valence-electron chi connectivity index (χ1n) is 6.68. The van der Waals surface area contributed by atoms with Gasteiger partial charge in [-0.25, -0.2) is 0 Å². The van der Waals surface area contributed by atoms with Crippen molar-refractivity contribution >= 4 is 17.5 Å². The second kappa shape index (κ2) is 6.40. The molecule has 0 N–H and O–H groups in total. The molecule has 1 amide bonds. The van der Waals surface area contributed by atoms with Crippen molar-refractivity contribution in [3.8, 4) is 0 Å². The van der Waals surface area contributed by atoms with Gasteiger partial charge in [-0.2, -0.15) is 0 Å². The minimum Gasteiger partial charge on any atom is -0.373 e. The number of carbonyl (C=O) groups is 1. The van der Waals surface area contributed by atoms with Gasteiger partial charge in [-0.15, -0.1) is 11.6 Å². The number of morpholine rings is 1. The lowest BCUT2D eigenvalue weighted by molar-refractivity contribution is -0.0108. The van der Waals surface area contributed by atoms with Gasteiger partial charge in [0.25, 0.3) is 5.91 Å². The second-order valence-electron chi connectivity index (χ2n) is 5.17. The summed E-state index contributed by atoms with van der Waals surface area (Å²) in [5.74, 6) is 0.970. The molecule has 1 atom stereocenters. The van der Waals surface area contributed by atoms with Gasteiger partial charge in [0.2, 0.25) is 0 Å². The number of benzene rings is 1. The maximum atomic E-state index is 12.4. The van der Waals surface area contributed by atoms with E-state index in [1.54, 1.807) is 0 Å². The Hall–Kier alpha value is -1.06. The van der Waals surface area contributed by atoms with E-state index >= 15 is 0 Å².